The topological polar surface area (TPSA) is 69.6 Å². The Morgan fingerprint density at radius 1 is 0.451 bits per heavy atom. The van der Waals surface area contributed by atoms with Crippen molar-refractivity contribution in [1.82, 2.24) is 5.32 Å². The number of allylic oxidation sites excluding steroid dienone is 3. The number of amides is 1. The van der Waals surface area contributed by atoms with Crippen molar-refractivity contribution in [2.45, 2.75) is 264 Å². The van der Waals surface area contributed by atoms with Crippen molar-refractivity contribution in [2.75, 3.05) is 6.61 Å². The van der Waals surface area contributed by atoms with E-state index in [1.807, 2.05) is 6.08 Å². The fourth-order valence-electron chi connectivity index (χ4n) is 7.11. The first kappa shape index (κ1) is 49.9. The van der Waals surface area contributed by atoms with Crippen molar-refractivity contribution < 1.29 is 15.0 Å². The lowest BCUT2D eigenvalue weighted by Gasteiger charge is -2.20. The molecule has 0 saturated carbocycles. The molecule has 0 saturated heterocycles. The Kier molecular flexibility index (Phi) is 42.3. The molecule has 51 heavy (non-hydrogen) atoms. The zero-order valence-electron chi connectivity index (χ0n) is 34.6. The van der Waals surface area contributed by atoms with Crippen molar-refractivity contribution >= 4 is 5.91 Å². The number of carbonyl (C=O) groups is 1. The van der Waals surface area contributed by atoms with Gasteiger partial charge < -0.3 is 15.5 Å². The van der Waals surface area contributed by atoms with Crippen LogP contribution in [0.25, 0.3) is 0 Å². The average Bonchev–Trinajstić information content (AvgIpc) is 3.13. The summed E-state index contributed by atoms with van der Waals surface area (Å²) in [6, 6.07) is -0.622. The maximum Gasteiger partial charge on any atom is 0.220 e. The fraction of sp³-hybridized carbons (Fsp3) is 0.894. The molecule has 0 aliphatic heterocycles. The van der Waals surface area contributed by atoms with Gasteiger partial charge in [-0.15, -0.1) is 0 Å². The summed E-state index contributed by atoms with van der Waals surface area (Å²) in [7, 11) is 0. The van der Waals surface area contributed by atoms with Crippen molar-refractivity contribution in [3.63, 3.8) is 0 Å². The van der Waals surface area contributed by atoms with Gasteiger partial charge in [-0.2, -0.15) is 0 Å². The van der Waals surface area contributed by atoms with Crippen LogP contribution in [-0.2, 0) is 4.79 Å². The molecule has 0 bridgehead atoms. The van der Waals surface area contributed by atoms with Gasteiger partial charge in [0.15, 0.2) is 0 Å². The van der Waals surface area contributed by atoms with Gasteiger partial charge in [-0.05, 0) is 44.9 Å². The fourth-order valence-corrected chi connectivity index (χ4v) is 7.11. The first-order valence-electron chi connectivity index (χ1n) is 23.1. The molecule has 0 aliphatic carbocycles. The maximum atomic E-state index is 12.4. The molecule has 0 rings (SSSR count). The van der Waals surface area contributed by atoms with Crippen LogP contribution < -0.4 is 5.32 Å². The zero-order valence-corrected chi connectivity index (χ0v) is 34.6. The first-order chi connectivity index (χ1) is 25.2. The summed E-state index contributed by atoms with van der Waals surface area (Å²) in [5.41, 5.74) is 0. The lowest BCUT2D eigenvalue weighted by molar-refractivity contribution is -0.123. The highest BCUT2D eigenvalue weighted by Crippen LogP contribution is 2.15. The summed E-state index contributed by atoms with van der Waals surface area (Å²) in [6.45, 7) is 4.33. The van der Waals surface area contributed by atoms with Crippen LogP contribution in [0.5, 0.6) is 0 Å². The Balaban J connectivity index is 3.55. The molecular weight excluding hydrogens is 627 g/mol. The van der Waals surface area contributed by atoms with Crippen molar-refractivity contribution in [1.29, 1.82) is 0 Å². The van der Waals surface area contributed by atoms with E-state index in [-0.39, 0.29) is 12.5 Å². The molecule has 0 fully saturated rings. The third kappa shape index (κ3) is 39.9. The second kappa shape index (κ2) is 43.3. The highest BCUT2D eigenvalue weighted by atomic mass is 16.3. The molecule has 4 nitrogen and oxygen atoms in total. The third-order valence-corrected chi connectivity index (χ3v) is 10.7. The molecule has 0 aromatic rings. The number of rotatable bonds is 42. The van der Waals surface area contributed by atoms with Crippen LogP contribution in [0.3, 0.4) is 0 Å². The van der Waals surface area contributed by atoms with E-state index in [9.17, 15) is 15.0 Å². The molecule has 0 aromatic carbocycles. The van der Waals surface area contributed by atoms with Crippen LogP contribution in [0.15, 0.2) is 24.3 Å². The van der Waals surface area contributed by atoms with Gasteiger partial charge in [0.05, 0.1) is 18.8 Å². The number of hydrogen-bond donors (Lipinski definition) is 3. The Morgan fingerprint density at radius 3 is 1.08 bits per heavy atom. The SMILES string of the molecule is CCCCCCCCCCCC/C=C\CCCCCCCCCC(=O)NC(CO)C(O)/C=C/CCCCCCCCCCCCCCCCCC. The largest absolute Gasteiger partial charge is 0.394 e. The van der Waals surface area contributed by atoms with E-state index in [0.717, 1.165) is 25.7 Å². The van der Waals surface area contributed by atoms with Crippen molar-refractivity contribution in [2.24, 2.45) is 0 Å². The summed E-state index contributed by atoms with van der Waals surface area (Å²) in [5, 5.41) is 23.0. The van der Waals surface area contributed by atoms with Gasteiger partial charge in [0.2, 0.25) is 5.91 Å². The maximum absolute atomic E-state index is 12.4. The van der Waals surface area contributed by atoms with Crippen LogP contribution >= 0.6 is 0 Å². The predicted molar refractivity (Wildman–Crippen MR) is 225 cm³/mol. The van der Waals surface area contributed by atoms with Gasteiger partial charge in [-0.3, -0.25) is 4.79 Å². The molecule has 0 aromatic heterocycles. The molecule has 2 unspecified atom stereocenters. The molecule has 3 N–H and O–H groups in total. The van der Waals surface area contributed by atoms with Crippen LogP contribution in [0, 0.1) is 0 Å². The molecule has 4 heteroatoms. The zero-order chi connectivity index (χ0) is 37.1. The molecule has 0 radical (unpaired) electrons. The van der Waals surface area contributed by atoms with Crippen LogP contribution in [0.4, 0.5) is 0 Å². The van der Waals surface area contributed by atoms with Gasteiger partial charge in [0.25, 0.3) is 0 Å². The molecule has 302 valence electrons. The van der Waals surface area contributed by atoms with E-state index < -0.39 is 12.1 Å². The standard InChI is InChI=1S/C47H91NO3/c1-3-5-7-9-11-13-15-17-19-21-23-24-25-27-29-31-33-35-37-39-41-43-47(51)48-45(44-49)46(50)42-40-38-36-34-32-30-28-26-22-20-18-16-14-12-10-8-6-4-2/h24-25,40,42,45-46,49-50H,3-23,26-39,41,43-44H2,1-2H3,(H,48,51)/b25-24-,42-40+. The second-order valence-corrected chi connectivity index (χ2v) is 15.8. The predicted octanol–water partition coefficient (Wildman–Crippen LogP) is 14.4. The Morgan fingerprint density at radius 2 is 0.745 bits per heavy atom. The Bertz CT molecular complexity index is 735. The van der Waals surface area contributed by atoms with E-state index in [4.69, 9.17) is 0 Å². The third-order valence-electron chi connectivity index (χ3n) is 10.7. The lowest BCUT2D eigenvalue weighted by Crippen LogP contribution is -2.45. The minimum absolute atomic E-state index is 0.0658. The van der Waals surface area contributed by atoms with E-state index in [2.05, 4.69) is 31.3 Å². The molecule has 0 heterocycles. The number of hydrogen-bond acceptors (Lipinski definition) is 3. The van der Waals surface area contributed by atoms with Crippen molar-refractivity contribution in [3.05, 3.63) is 24.3 Å². The normalized spacial score (nSPS) is 13.1. The second-order valence-electron chi connectivity index (χ2n) is 15.8. The summed E-state index contributed by atoms with van der Waals surface area (Å²) >= 11 is 0. The molecule has 1 amide bonds. The van der Waals surface area contributed by atoms with Crippen LogP contribution in [-0.4, -0.2) is 34.9 Å². The summed E-state index contributed by atoms with van der Waals surface area (Å²) in [5.74, 6) is -0.0658. The van der Waals surface area contributed by atoms with Crippen LogP contribution in [0.1, 0.15) is 251 Å². The first-order valence-corrected chi connectivity index (χ1v) is 23.1. The monoisotopic (exact) mass is 718 g/mol. The minimum Gasteiger partial charge on any atom is -0.394 e. The van der Waals surface area contributed by atoms with Crippen LogP contribution in [0.2, 0.25) is 0 Å². The number of carbonyl (C=O) groups excluding carboxylic acids is 1. The quantitative estimate of drug-likeness (QED) is 0.0435. The number of nitrogens with one attached hydrogen (secondary N) is 1. The average molecular weight is 718 g/mol. The molecule has 2 atom stereocenters. The molecule has 0 aliphatic rings. The molecule has 0 spiro atoms. The van der Waals surface area contributed by atoms with Gasteiger partial charge in [0, 0.05) is 6.42 Å². The summed E-state index contributed by atoms with van der Waals surface area (Å²) in [6.07, 6.45) is 55.8. The number of aliphatic hydroxyl groups excluding tert-OH is 2. The summed E-state index contributed by atoms with van der Waals surface area (Å²) in [4.78, 5) is 12.4. The van der Waals surface area contributed by atoms with Crippen molar-refractivity contribution in [3.8, 4) is 0 Å². The molecular formula is C47H91NO3. The van der Waals surface area contributed by atoms with E-state index in [1.54, 1.807) is 6.08 Å². The highest BCUT2D eigenvalue weighted by Gasteiger charge is 2.17. The van der Waals surface area contributed by atoms with E-state index in [0.29, 0.717) is 6.42 Å². The number of aliphatic hydroxyl groups is 2. The van der Waals surface area contributed by atoms with Gasteiger partial charge in [-0.1, -0.05) is 224 Å². The Labute approximate surface area is 319 Å². The minimum atomic E-state index is -0.838. The van der Waals surface area contributed by atoms with E-state index in [1.165, 1.54) is 205 Å². The smallest absolute Gasteiger partial charge is 0.220 e. The lowest BCUT2D eigenvalue weighted by atomic mass is 10.0. The van der Waals surface area contributed by atoms with Gasteiger partial charge in [-0.25, -0.2) is 0 Å². The number of unbranched alkanes of at least 4 members (excludes halogenated alkanes) is 33. The highest BCUT2D eigenvalue weighted by molar-refractivity contribution is 5.76. The van der Waals surface area contributed by atoms with Gasteiger partial charge >= 0.3 is 0 Å². The Hall–Kier alpha value is -1.13. The van der Waals surface area contributed by atoms with E-state index >= 15 is 0 Å². The van der Waals surface area contributed by atoms with Gasteiger partial charge in [0.1, 0.15) is 0 Å². The summed E-state index contributed by atoms with van der Waals surface area (Å²) < 4.78 is 0.